The van der Waals surface area contributed by atoms with Crippen molar-refractivity contribution in [2.75, 3.05) is 6.61 Å². The molecule has 5 aliphatic rings. The summed E-state index contributed by atoms with van der Waals surface area (Å²) in [5, 5.41) is 45.6. The second-order valence-electron chi connectivity index (χ2n) is 15.6. The number of rotatable bonds is 3. The molecule has 0 spiro atoms. The minimum absolute atomic E-state index is 0.0359. The maximum Gasteiger partial charge on any atom is 0.302 e. The smallest absolute Gasteiger partial charge is 0.302 e. The van der Waals surface area contributed by atoms with E-state index in [0.29, 0.717) is 25.4 Å². The molecule has 6 heteroatoms. The first-order chi connectivity index (χ1) is 17.5. The molecule has 0 aromatic heterocycles. The van der Waals surface area contributed by atoms with Crippen molar-refractivity contribution in [1.29, 1.82) is 0 Å². The molecule has 0 aliphatic heterocycles. The van der Waals surface area contributed by atoms with Gasteiger partial charge in [-0.1, -0.05) is 60.1 Å². The highest BCUT2D eigenvalue weighted by atomic mass is 16.5. The number of esters is 1. The van der Waals surface area contributed by atoms with Gasteiger partial charge in [0.05, 0.1) is 31.0 Å². The van der Waals surface area contributed by atoms with E-state index in [1.807, 2.05) is 13.8 Å². The van der Waals surface area contributed by atoms with Crippen LogP contribution in [0.5, 0.6) is 0 Å². The van der Waals surface area contributed by atoms with Crippen molar-refractivity contribution in [3.05, 3.63) is 11.6 Å². The van der Waals surface area contributed by atoms with Crippen LogP contribution in [-0.2, 0) is 9.53 Å². The molecule has 0 amide bonds. The van der Waals surface area contributed by atoms with Crippen LogP contribution in [0.3, 0.4) is 0 Å². The van der Waals surface area contributed by atoms with E-state index in [-0.39, 0.29) is 51.3 Å². The molecule has 0 aromatic rings. The summed E-state index contributed by atoms with van der Waals surface area (Å²) in [6.45, 7) is 17.2. The molecule has 216 valence electrons. The quantitative estimate of drug-likeness (QED) is 0.315. The fraction of sp³-hybridized carbons (Fsp3) is 0.906. The van der Waals surface area contributed by atoms with Crippen LogP contribution in [0, 0.1) is 56.7 Å². The van der Waals surface area contributed by atoms with Crippen molar-refractivity contribution in [2.24, 2.45) is 56.7 Å². The number of fused-ring (bicyclic) bond motifs is 7. The van der Waals surface area contributed by atoms with Gasteiger partial charge >= 0.3 is 5.97 Å². The zero-order valence-corrected chi connectivity index (χ0v) is 24.8. The Bertz CT molecular complexity index is 1000. The Kier molecular flexibility index (Phi) is 6.60. The molecule has 12 atom stereocenters. The molecule has 0 bridgehead atoms. The molecule has 5 aliphatic carbocycles. The number of carbonyl (C=O) groups excluding carboxylic acids is 1. The minimum Gasteiger partial charge on any atom is -0.465 e. The summed E-state index contributed by atoms with van der Waals surface area (Å²) < 4.78 is 5.77. The highest BCUT2D eigenvalue weighted by Crippen LogP contribution is 2.76. The lowest BCUT2D eigenvalue weighted by molar-refractivity contribution is -0.223. The summed E-state index contributed by atoms with van der Waals surface area (Å²) in [6.07, 6.45) is 4.07. The number of aliphatic hydroxyl groups is 4. The van der Waals surface area contributed by atoms with Gasteiger partial charge in [-0.3, -0.25) is 4.79 Å². The summed E-state index contributed by atoms with van der Waals surface area (Å²) in [5.74, 6) is 0.318. The van der Waals surface area contributed by atoms with Crippen molar-refractivity contribution in [2.45, 2.75) is 118 Å². The van der Waals surface area contributed by atoms with Gasteiger partial charge in [0.1, 0.15) is 0 Å². The van der Waals surface area contributed by atoms with Gasteiger partial charge < -0.3 is 25.2 Å². The van der Waals surface area contributed by atoms with Crippen LogP contribution in [0.1, 0.15) is 93.9 Å². The third kappa shape index (κ3) is 3.48. The van der Waals surface area contributed by atoms with Crippen LogP contribution < -0.4 is 0 Å². The summed E-state index contributed by atoms with van der Waals surface area (Å²) in [4.78, 5) is 12.0. The summed E-state index contributed by atoms with van der Waals surface area (Å²) in [7, 11) is 0. The molecule has 6 nitrogen and oxygen atoms in total. The highest BCUT2D eigenvalue weighted by molar-refractivity contribution is 5.66. The molecule has 0 radical (unpaired) electrons. The Morgan fingerprint density at radius 2 is 1.63 bits per heavy atom. The zero-order valence-electron chi connectivity index (χ0n) is 24.8. The average Bonchev–Trinajstić information content (AvgIpc) is 3.12. The summed E-state index contributed by atoms with van der Waals surface area (Å²) in [6, 6.07) is 0. The first-order valence-corrected chi connectivity index (χ1v) is 15.0. The maximum atomic E-state index is 12.0. The molecular formula is C32H52O6. The second kappa shape index (κ2) is 8.77. The molecule has 4 N–H and O–H groups in total. The molecule has 12 unspecified atom stereocenters. The number of carbonyl (C=O) groups is 1. The molecular weight excluding hydrogens is 480 g/mol. The van der Waals surface area contributed by atoms with Crippen molar-refractivity contribution in [1.82, 2.24) is 0 Å². The van der Waals surface area contributed by atoms with Crippen LogP contribution >= 0.6 is 0 Å². The topological polar surface area (TPSA) is 107 Å². The molecule has 5 rings (SSSR count). The SMILES string of the molecule is CC(=O)OCC12CCC3(C)C4C(=CCC3(C)C1C(O)CC2C(C)C)C1(C)CC(O)C(O)C(C)(C)C1CC4O. The first kappa shape index (κ1) is 28.6. The van der Waals surface area contributed by atoms with E-state index < -0.39 is 29.8 Å². The lowest BCUT2D eigenvalue weighted by atomic mass is 9.35. The largest absolute Gasteiger partial charge is 0.465 e. The highest BCUT2D eigenvalue weighted by Gasteiger charge is 2.73. The fourth-order valence-electron chi connectivity index (χ4n) is 11.6. The molecule has 0 heterocycles. The predicted molar refractivity (Wildman–Crippen MR) is 146 cm³/mol. The monoisotopic (exact) mass is 532 g/mol. The fourth-order valence-corrected chi connectivity index (χ4v) is 11.6. The Hall–Kier alpha value is -0.950. The van der Waals surface area contributed by atoms with E-state index in [2.05, 4.69) is 40.7 Å². The molecule has 4 fully saturated rings. The van der Waals surface area contributed by atoms with E-state index in [0.717, 1.165) is 25.7 Å². The van der Waals surface area contributed by atoms with Crippen LogP contribution in [0.4, 0.5) is 0 Å². The van der Waals surface area contributed by atoms with Gasteiger partial charge in [-0.15, -0.1) is 0 Å². The Labute approximate surface area is 229 Å². The zero-order chi connectivity index (χ0) is 28.2. The van der Waals surface area contributed by atoms with E-state index in [1.165, 1.54) is 12.5 Å². The molecule has 0 aromatic carbocycles. The van der Waals surface area contributed by atoms with E-state index >= 15 is 0 Å². The van der Waals surface area contributed by atoms with Crippen molar-refractivity contribution in [3.8, 4) is 0 Å². The Morgan fingerprint density at radius 1 is 0.974 bits per heavy atom. The summed E-state index contributed by atoms with van der Waals surface area (Å²) >= 11 is 0. The third-order valence-corrected chi connectivity index (χ3v) is 13.4. The van der Waals surface area contributed by atoms with Crippen LogP contribution in [0.15, 0.2) is 11.6 Å². The standard InChI is InChI=1S/C32H52O6/c1-17(2)20-13-22(35)26-31(8)10-9-19-25(30(31,7)11-12-32(20,26)16-38-18(3)33)21(34)14-24-28(4,5)27(37)23(36)15-29(19,24)6/h9,17,20-27,34-37H,10-16H2,1-8H3. The number of hydrogen-bond donors (Lipinski definition) is 4. The van der Waals surface area contributed by atoms with E-state index in [4.69, 9.17) is 4.74 Å². The van der Waals surface area contributed by atoms with E-state index in [1.54, 1.807) is 0 Å². The van der Waals surface area contributed by atoms with Crippen LogP contribution in [0.2, 0.25) is 0 Å². The lowest BCUT2D eigenvalue weighted by Gasteiger charge is -2.70. The van der Waals surface area contributed by atoms with Crippen molar-refractivity contribution >= 4 is 5.97 Å². The van der Waals surface area contributed by atoms with Gasteiger partial charge in [0, 0.05) is 24.2 Å². The average molecular weight is 533 g/mol. The second-order valence-corrected chi connectivity index (χ2v) is 15.6. The van der Waals surface area contributed by atoms with Gasteiger partial charge in [0.15, 0.2) is 0 Å². The third-order valence-electron chi connectivity index (χ3n) is 13.4. The van der Waals surface area contributed by atoms with Gasteiger partial charge in [-0.05, 0) is 77.9 Å². The van der Waals surface area contributed by atoms with Gasteiger partial charge in [0.25, 0.3) is 0 Å². The van der Waals surface area contributed by atoms with Crippen molar-refractivity contribution < 1.29 is 30.0 Å². The number of aliphatic hydroxyl groups excluding tert-OH is 4. The lowest BCUT2D eigenvalue weighted by Crippen LogP contribution is -2.68. The van der Waals surface area contributed by atoms with Crippen LogP contribution in [-0.4, -0.2) is 57.4 Å². The maximum absolute atomic E-state index is 12.0. The molecule has 0 saturated heterocycles. The van der Waals surface area contributed by atoms with Gasteiger partial charge in [-0.25, -0.2) is 0 Å². The van der Waals surface area contributed by atoms with Crippen LogP contribution in [0.25, 0.3) is 0 Å². The first-order valence-electron chi connectivity index (χ1n) is 15.0. The predicted octanol–water partition coefficient (Wildman–Crippen LogP) is 4.48. The summed E-state index contributed by atoms with van der Waals surface area (Å²) in [5.41, 5.74) is -0.392. The van der Waals surface area contributed by atoms with E-state index in [9.17, 15) is 25.2 Å². The Morgan fingerprint density at radius 3 is 2.24 bits per heavy atom. The number of allylic oxidation sites excluding steroid dienone is 1. The Balaban J connectivity index is 1.62. The molecule has 38 heavy (non-hydrogen) atoms. The molecule has 4 saturated carbocycles. The van der Waals surface area contributed by atoms with Gasteiger partial charge in [-0.2, -0.15) is 0 Å². The minimum atomic E-state index is -0.812. The number of hydrogen-bond acceptors (Lipinski definition) is 6. The van der Waals surface area contributed by atoms with Gasteiger partial charge in [0.2, 0.25) is 0 Å². The van der Waals surface area contributed by atoms with Crippen molar-refractivity contribution in [3.63, 3.8) is 0 Å². The normalized spacial score (nSPS) is 53.3. The number of ether oxygens (including phenoxy) is 1.